The summed E-state index contributed by atoms with van der Waals surface area (Å²) in [5, 5.41) is 10.6. The van der Waals surface area contributed by atoms with Crippen LogP contribution in [0, 0.1) is 17.6 Å². The summed E-state index contributed by atoms with van der Waals surface area (Å²) >= 11 is 0. The molecule has 2 N–H and O–H groups in total. The van der Waals surface area contributed by atoms with E-state index in [-0.39, 0.29) is 29.3 Å². The molecule has 0 unspecified atom stereocenters. The number of nitrogens with zero attached hydrogens (tertiary/aromatic N) is 2. The van der Waals surface area contributed by atoms with E-state index < -0.39 is 17.2 Å². The summed E-state index contributed by atoms with van der Waals surface area (Å²) in [6, 6.07) is 8.61. The number of halogens is 2. The van der Waals surface area contributed by atoms with Crippen LogP contribution in [0.4, 0.5) is 8.78 Å². The van der Waals surface area contributed by atoms with E-state index >= 15 is 0 Å². The fraction of sp³-hybridized carbons (Fsp3) is 0.348. The summed E-state index contributed by atoms with van der Waals surface area (Å²) in [6.45, 7) is 2.14. The lowest BCUT2D eigenvalue weighted by Gasteiger charge is -2.40. The average Bonchev–Trinajstić information content (AvgIpc) is 3.54. The van der Waals surface area contributed by atoms with E-state index in [0.717, 1.165) is 18.5 Å². The number of likely N-dealkylation sites (tertiary alicyclic amines) is 1. The van der Waals surface area contributed by atoms with Crippen LogP contribution in [0.15, 0.2) is 41.2 Å². The first-order valence-electron chi connectivity index (χ1n) is 10.5. The summed E-state index contributed by atoms with van der Waals surface area (Å²) in [4.78, 5) is 26.4. The molecule has 2 aliphatic rings. The molecule has 1 amide bonds. The minimum Gasteiger partial charge on any atom is -0.335 e. The molecular formula is C23H22F2N4O2. The monoisotopic (exact) mass is 424 g/mol. The number of H-pyrrole nitrogens is 1. The summed E-state index contributed by atoms with van der Waals surface area (Å²) in [6.07, 6.45) is 2.81. The van der Waals surface area contributed by atoms with E-state index in [1.54, 1.807) is 11.0 Å². The first-order valence-corrected chi connectivity index (χ1v) is 10.5. The Hall–Kier alpha value is -3.13. The second-order valence-electron chi connectivity index (χ2n) is 8.44. The number of carbonyl (C=O) groups excluding carboxylic acids is 1. The number of aromatic amines is 1. The van der Waals surface area contributed by atoms with E-state index in [4.69, 9.17) is 0 Å². The second-order valence-corrected chi connectivity index (χ2v) is 8.44. The highest BCUT2D eigenvalue weighted by Gasteiger charge is 2.33. The zero-order valence-electron chi connectivity index (χ0n) is 16.8. The van der Waals surface area contributed by atoms with Crippen LogP contribution in [0.2, 0.25) is 0 Å². The number of nitrogens with one attached hydrogen (secondary N) is 2. The molecule has 8 heteroatoms. The maximum absolute atomic E-state index is 14.4. The summed E-state index contributed by atoms with van der Waals surface area (Å²) < 4.78 is 28.0. The molecule has 3 aromatic rings. The molecule has 1 aliphatic carbocycles. The Labute approximate surface area is 177 Å². The summed E-state index contributed by atoms with van der Waals surface area (Å²) in [5.74, 6) is -0.632. The van der Waals surface area contributed by atoms with Crippen molar-refractivity contribution >= 4 is 16.7 Å². The van der Waals surface area contributed by atoms with Crippen LogP contribution < -0.4 is 10.9 Å². The van der Waals surface area contributed by atoms with Crippen LogP contribution in [-0.2, 0) is 6.42 Å². The Morgan fingerprint density at radius 2 is 1.94 bits per heavy atom. The van der Waals surface area contributed by atoms with Crippen molar-refractivity contribution in [1.82, 2.24) is 20.4 Å². The third kappa shape index (κ3) is 4.07. The molecule has 0 radical (unpaired) electrons. The van der Waals surface area contributed by atoms with Crippen LogP contribution >= 0.6 is 0 Å². The molecule has 0 atom stereocenters. The number of benzene rings is 2. The first-order chi connectivity index (χ1) is 15.0. The van der Waals surface area contributed by atoms with Crippen LogP contribution in [-0.4, -0.2) is 46.7 Å². The van der Waals surface area contributed by atoms with Crippen LogP contribution in [0.5, 0.6) is 0 Å². The minimum absolute atomic E-state index is 0.0258. The van der Waals surface area contributed by atoms with Gasteiger partial charge in [0.1, 0.15) is 11.6 Å². The Bertz CT molecular complexity index is 1220. The van der Waals surface area contributed by atoms with Crippen LogP contribution in [0.25, 0.3) is 10.8 Å². The van der Waals surface area contributed by atoms with Gasteiger partial charge in [0.15, 0.2) is 0 Å². The van der Waals surface area contributed by atoms with E-state index in [0.29, 0.717) is 29.7 Å². The highest BCUT2D eigenvalue weighted by Crippen LogP contribution is 2.28. The zero-order chi connectivity index (χ0) is 21.5. The van der Waals surface area contributed by atoms with Gasteiger partial charge < -0.3 is 10.2 Å². The van der Waals surface area contributed by atoms with Gasteiger partial charge in [0.25, 0.3) is 11.5 Å². The maximum Gasteiger partial charge on any atom is 0.272 e. The number of carbonyl (C=O) groups is 1. The third-order valence-electron chi connectivity index (χ3n) is 6.02. The van der Waals surface area contributed by atoms with Crippen molar-refractivity contribution in [2.75, 3.05) is 19.6 Å². The van der Waals surface area contributed by atoms with Gasteiger partial charge in [-0.1, -0.05) is 6.07 Å². The van der Waals surface area contributed by atoms with Crippen molar-refractivity contribution in [3.63, 3.8) is 0 Å². The smallest absolute Gasteiger partial charge is 0.272 e. The van der Waals surface area contributed by atoms with Crippen molar-refractivity contribution in [3.05, 3.63) is 75.2 Å². The van der Waals surface area contributed by atoms with Crippen LogP contribution in [0.3, 0.4) is 0 Å². The van der Waals surface area contributed by atoms with E-state index in [1.165, 1.54) is 37.1 Å². The Morgan fingerprint density at radius 1 is 1.13 bits per heavy atom. The minimum atomic E-state index is -0.565. The number of aromatic nitrogens is 2. The van der Waals surface area contributed by atoms with Gasteiger partial charge in [-0.2, -0.15) is 5.10 Å². The van der Waals surface area contributed by atoms with Crippen molar-refractivity contribution in [2.24, 2.45) is 5.92 Å². The highest BCUT2D eigenvalue weighted by molar-refractivity contribution is 5.95. The molecule has 0 spiro atoms. The Balaban J connectivity index is 1.33. The lowest BCUT2D eigenvalue weighted by Crippen LogP contribution is -2.60. The van der Waals surface area contributed by atoms with Gasteiger partial charge in [-0.15, -0.1) is 0 Å². The molecule has 5 rings (SSSR count). The van der Waals surface area contributed by atoms with Gasteiger partial charge in [-0.3, -0.25) is 9.59 Å². The topological polar surface area (TPSA) is 78.1 Å². The highest BCUT2D eigenvalue weighted by atomic mass is 19.1. The quantitative estimate of drug-likeness (QED) is 0.638. The van der Waals surface area contributed by atoms with Crippen LogP contribution in [0.1, 0.15) is 34.5 Å². The predicted octanol–water partition coefficient (Wildman–Crippen LogP) is 2.62. The fourth-order valence-electron chi connectivity index (χ4n) is 3.97. The summed E-state index contributed by atoms with van der Waals surface area (Å²) in [5.41, 5.74) is 0.750. The predicted molar refractivity (Wildman–Crippen MR) is 112 cm³/mol. The lowest BCUT2D eigenvalue weighted by molar-refractivity contribution is 0.0562. The van der Waals surface area contributed by atoms with Gasteiger partial charge in [-0.25, -0.2) is 13.9 Å². The number of fused-ring (bicyclic) bond motifs is 1. The second kappa shape index (κ2) is 7.85. The molecule has 2 aromatic carbocycles. The average molecular weight is 424 g/mol. The molecule has 1 aromatic heterocycles. The Morgan fingerprint density at radius 3 is 2.71 bits per heavy atom. The van der Waals surface area contributed by atoms with Gasteiger partial charge in [0.2, 0.25) is 0 Å². The van der Waals surface area contributed by atoms with E-state index in [1.807, 2.05) is 0 Å². The number of amides is 1. The van der Waals surface area contributed by atoms with Crippen molar-refractivity contribution in [3.8, 4) is 0 Å². The van der Waals surface area contributed by atoms with Crippen molar-refractivity contribution in [1.29, 1.82) is 0 Å². The zero-order valence-corrected chi connectivity index (χ0v) is 16.8. The van der Waals surface area contributed by atoms with E-state index in [2.05, 4.69) is 15.5 Å². The largest absolute Gasteiger partial charge is 0.335 e. The molecule has 1 saturated carbocycles. The van der Waals surface area contributed by atoms with Gasteiger partial charge in [0, 0.05) is 30.9 Å². The summed E-state index contributed by atoms with van der Waals surface area (Å²) in [7, 11) is 0. The molecule has 160 valence electrons. The number of hydrogen-bond acceptors (Lipinski definition) is 4. The Kier molecular flexibility index (Phi) is 5.02. The van der Waals surface area contributed by atoms with Crippen molar-refractivity contribution in [2.45, 2.75) is 25.3 Å². The molecule has 1 saturated heterocycles. The maximum atomic E-state index is 14.4. The molecule has 6 nitrogen and oxygen atoms in total. The van der Waals surface area contributed by atoms with E-state index in [9.17, 15) is 18.4 Å². The lowest BCUT2D eigenvalue weighted by atomic mass is 10.0. The molecule has 2 heterocycles. The van der Waals surface area contributed by atoms with Gasteiger partial charge >= 0.3 is 0 Å². The number of hydrogen-bond donors (Lipinski definition) is 2. The van der Waals surface area contributed by atoms with Crippen molar-refractivity contribution < 1.29 is 13.6 Å². The molecule has 2 fully saturated rings. The molecular weight excluding hydrogens is 402 g/mol. The third-order valence-corrected chi connectivity index (χ3v) is 6.02. The SMILES string of the molecule is O=C(c1cc(Cc2n[nH]c(=O)c3cc(F)ccc23)ccc1F)N1CC(NCC2CC2)C1. The standard InChI is InChI=1S/C23H22F2N4O2/c24-15-4-5-17-18(9-15)22(30)28-27-21(17)8-14-3-6-20(25)19(7-14)23(31)29-11-16(12-29)26-10-13-1-2-13/h3-7,9,13,16,26H,1-2,8,10-12H2,(H,28,30). The number of rotatable bonds is 6. The molecule has 1 aliphatic heterocycles. The normalized spacial score (nSPS) is 16.5. The first kappa shape index (κ1) is 19.8. The molecule has 31 heavy (non-hydrogen) atoms. The molecule has 0 bridgehead atoms. The van der Waals surface area contributed by atoms with Gasteiger partial charge in [0.05, 0.1) is 16.6 Å². The van der Waals surface area contributed by atoms with Gasteiger partial charge in [-0.05, 0) is 61.2 Å². The fourth-order valence-corrected chi connectivity index (χ4v) is 3.97.